The lowest BCUT2D eigenvalue weighted by atomic mass is 10.1. The van der Waals surface area contributed by atoms with Gasteiger partial charge in [0.05, 0.1) is 5.39 Å². The van der Waals surface area contributed by atoms with Crippen molar-refractivity contribution in [3.63, 3.8) is 0 Å². The molecule has 2 heterocycles. The van der Waals surface area contributed by atoms with Crippen molar-refractivity contribution in [2.24, 2.45) is 0 Å². The Morgan fingerprint density at radius 2 is 2.22 bits per heavy atom. The summed E-state index contributed by atoms with van der Waals surface area (Å²) in [5, 5.41) is 0.531. The highest BCUT2D eigenvalue weighted by molar-refractivity contribution is 5.85. The zero-order valence-corrected chi connectivity index (χ0v) is 9.86. The first-order chi connectivity index (χ1) is 8.81. The number of pyridine rings is 1. The average Bonchev–Trinajstić information content (AvgIpc) is 2.40. The fourth-order valence-electron chi connectivity index (χ4n) is 2.21. The van der Waals surface area contributed by atoms with Crippen molar-refractivity contribution in [1.29, 1.82) is 0 Å². The van der Waals surface area contributed by atoms with Gasteiger partial charge in [0.25, 0.3) is 5.52 Å². The van der Waals surface area contributed by atoms with E-state index < -0.39 is 0 Å². The highest BCUT2D eigenvalue weighted by Crippen LogP contribution is 2.37. The van der Waals surface area contributed by atoms with Gasteiger partial charge in [-0.2, -0.15) is 4.57 Å². The van der Waals surface area contributed by atoms with Crippen molar-refractivity contribution in [3.8, 4) is 11.5 Å². The summed E-state index contributed by atoms with van der Waals surface area (Å²) in [6, 6.07) is 4.93. The molecule has 0 bridgehead atoms. The second-order valence-corrected chi connectivity index (χ2v) is 4.09. The SMILES string of the molecule is C=CC[n+]1cccc2c(F)cc3c(c21)OCCO3. The fourth-order valence-corrected chi connectivity index (χ4v) is 2.21. The Morgan fingerprint density at radius 3 is 3.06 bits per heavy atom. The molecule has 3 rings (SSSR count). The zero-order valence-electron chi connectivity index (χ0n) is 9.86. The van der Waals surface area contributed by atoms with Crippen LogP contribution in [0.2, 0.25) is 0 Å². The lowest BCUT2D eigenvalue weighted by molar-refractivity contribution is -0.661. The summed E-state index contributed by atoms with van der Waals surface area (Å²) in [5.41, 5.74) is 0.715. The van der Waals surface area contributed by atoms with Gasteiger partial charge >= 0.3 is 0 Å². The number of nitrogens with zero attached hydrogens (tertiary/aromatic N) is 1. The van der Waals surface area contributed by atoms with Gasteiger partial charge in [-0.3, -0.25) is 0 Å². The minimum Gasteiger partial charge on any atom is -0.486 e. The molecule has 1 aliphatic rings. The third-order valence-electron chi connectivity index (χ3n) is 2.94. The fraction of sp³-hybridized carbons (Fsp3) is 0.214. The molecule has 3 nitrogen and oxygen atoms in total. The van der Waals surface area contributed by atoms with Crippen LogP contribution < -0.4 is 14.0 Å². The number of hydrogen-bond acceptors (Lipinski definition) is 2. The van der Waals surface area contributed by atoms with Crippen LogP contribution in [-0.4, -0.2) is 13.2 Å². The molecule has 4 heteroatoms. The molecular weight excluding hydrogens is 233 g/mol. The van der Waals surface area contributed by atoms with Crippen LogP contribution >= 0.6 is 0 Å². The van der Waals surface area contributed by atoms with Crippen molar-refractivity contribution >= 4 is 10.9 Å². The predicted molar refractivity (Wildman–Crippen MR) is 65.3 cm³/mol. The van der Waals surface area contributed by atoms with E-state index in [-0.39, 0.29) is 5.82 Å². The van der Waals surface area contributed by atoms with E-state index in [2.05, 4.69) is 6.58 Å². The smallest absolute Gasteiger partial charge is 0.262 e. The summed E-state index contributed by atoms with van der Waals surface area (Å²) < 4.78 is 27.0. The first-order valence-electron chi connectivity index (χ1n) is 5.82. The maximum Gasteiger partial charge on any atom is 0.262 e. The van der Waals surface area contributed by atoms with Crippen LogP contribution in [0.3, 0.4) is 0 Å². The molecule has 18 heavy (non-hydrogen) atoms. The summed E-state index contributed by atoms with van der Waals surface area (Å²) in [6.07, 6.45) is 3.64. The first kappa shape index (κ1) is 11.0. The van der Waals surface area contributed by atoms with Crippen LogP contribution in [0.25, 0.3) is 10.9 Å². The van der Waals surface area contributed by atoms with Gasteiger partial charge in [0.15, 0.2) is 18.5 Å². The number of ether oxygens (including phenoxy) is 2. The summed E-state index contributed by atoms with van der Waals surface area (Å²) in [4.78, 5) is 0. The molecule has 0 aliphatic carbocycles. The van der Waals surface area contributed by atoms with E-state index in [4.69, 9.17) is 9.47 Å². The first-order valence-corrected chi connectivity index (χ1v) is 5.82. The van der Waals surface area contributed by atoms with Gasteiger partial charge in [0.2, 0.25) is 5.75 Å². The molecule has 0 radical (unpaired) electrons. The monoisotopic (exact) mass is 246 g/mol. The van der Waals surface area contributed by atoms with Crippen LogP contribution in [0.1, 0.15) is 0 Å². The molecule has 2 aromatic rings. The molecule has 1 aromatic heterocycles. The number of hydrogen-bond donors (Lipinski definition) is 0. The third-order valence-corrected chi connectivity index (χ3v) is 2.94. The van der Waals surface area contributed by atoms with E-state index >= 15 is 0 Å². The van der Waals surface area contributed by atoms with E-state index in [1.807, 2.05) is 16.8 Å². The van der Waals surface area contributed by atoms with Crippen LogP contribution in [0.15, 0.2) is 37.1 Å². The Morgan fingerprint density at radius 1 is 1.39 bits per heavy atom. The van der Waals surface area contributed by atoms with Crippen LogP contribution in [0.4, 0.5) is 4.39 Å². The molecule has 0 N–H and O–H groups in total. The molecule has 1 aliphatic heterocycles. The van der Waals surface area contributed by atoms with Gasteiger partial charge in [-0.15, -0.1) is 0 Å². The van der Waals surface area contributed by atoms with Gasteiger partial charge in [-0.25, -0.2) is 4.39 Å². The molecule has 0 saturated heterocycles. The number of fused-ring (bicyclic) bond motifs is 3. The largest absolute Gasteiger partial charge is 0.486 e. The highest BCUT2D eigenvalue weighted by atomic mass is 19.1. The van der Waals surface area contributed by atoms with Crippen molar-refractivity contribution in [1.82, 2.24) is 0 Å². The lowest BCUT2D eigenvalue weighted by Crippen LogP contribution is -2.34. The standard InChI is InChI=1S/C14H13FNO2/c1-2-5-16-6-3-4-10-11(15)9-12-14(13(10)16)18-8-7-17-12/h2-4,6,9H,1,5,7-8H2/q+1. The summed E-state index contributed by atoms with van der Waals surface area (Å²) in [5.74, 6) is 0.781. The Bertz CT molecular complexity index is 625. The van der Waals surface area contributed by atoms with Crippen molar-refractivity contribution in [2.75, 3.05) is 13.2 Å². The Hall–Kier alpha value is -2.10. The van der Waals surface area contributed by atoms with Crippen LogP contribution in [-0.2, 0) is 6.54 Å². The van der Waals surface area contributed by atoms with E-state index in [9.17, 15) is 4.39 Å². The molecule has 0 unspecified atom stereocenters. The highest BCUT2D eigenvalue weighted by Gasteiger charge is 2.25. The molecule has 1 aromatic carbocycles. The quantitative estimate of drug-likeness (QED) is 0.599. The normalized spacial score (nSPS) is 13.6. The van der Waals surface area contributed by atoms with Crippen molar-refractivity contribution in [3.05, 3.63) is 42.9 Å². The molecule has 0 fully saturated rings. The van der Waals surface area contributed by atoms with E-state index in [0.29, 0.717) is 42.2 Å². The third kappa shape index (κ3) is 1.61. The van der Waals surface area contributed by atoms with E-state index in [1.165, 1.54) is 6.07 Å². The summed E-state index contributed by atoms with van der Waals surface area (Å²) >= 11 is 0. The van der Waals surface area contributed by atoms with Gasteiger partial charge in [0.1, 0.15) is 19.0 Å². The second-order valence-electron chi connectivity index (χ2n) is 4.09. The molecular formula is C14H13FNO2+. The minimum absolute atomic E-state index is 0.298. The van der Waals surface area contributed by atoms with Crippen LogP contribution in [0, 0.1) is 5.82 Å². The summed E-state index contributed by atoms with van der Waals surface area (Å²) in [7, 11) is 0. The Kier molecular flexibility index (Phi) is 2.63. The maximum atomic E-state index is 14.0. The number of rotatable bonds is 2. The van der Waals surface area contributed by atoms with Gasteiger partial charge < -0.3 is 9.47 Å². The second kappa shape index (κ2) is 4.29. The Balaban J connectivity index is 2.37. The van der Waals surface area contributed by atoms with Gasteiger partial charge in [-0.05, 0) is 12.1 Å². The average molecular weight is 246 g/mol. The minimum atomic E-state index is -0.298. The predicted octanol–water partition coefficient (Wildman–Crippen LogP) is 2.22. The van der Waals surface area contributed by atoms with Gasteiger partial charge in [0, 0.05) is 12.1 Å². The van der Waals surface area contributed by atoms with Gasteiger partial charge in [-0.1, -0.05) is 6.58 Å². The molecule has 0 spiro atoms. The van der Waals surface area contributed by atoms with E-state index in [0.717, 1.165) is 0 Å². The Labute approximate surface area is 104 Å². The topological polar surface area (TPSA) is 22.3 Å². The lowest BCUT2D eigenvalue weighted by Gasteiger charge is -2.18. The number of aromatic nitrogens is 1. The summed E-state index contributed by atoms with van der Waals surface area (Å²) in [6.45, 7) is 5.24. The molecule has 0 saturated carbocycles. The maximum absolute atomic E-state index is 14.0. The zero-order chi connectivity index (χ0) is 12.5. The molecule has 92 valence electrons. The molecule has 0 atom stereocenters. The van der Waals surface area contributed by atoms with Crippen molar-refractivity contribution in [2.45, 2.75) is 6.54 Å². The van der Waals surface area contributed by atoms with Crippen molar-refractivity contribution < 1.29 is 18.4 Å². The number of benzene rings is 1. The molecule has 0 amide bonds. The van der Waals surface area contributed by atoms with E-state index in [1.54, 1.807) is 12.1 Å². The van der Waals surface area contributed by atoms with Crippen LogP contribution in [0.5, 0.6) is 11.5 Å². The number of halogens is 1. The number of allylic oxidation sites excluding steroid dienone is 1.